The van der Waals surface area contributed by atoms with Crippen molar-refractivity contribution in [2.75, 3.05) is 62.3 Å². The lowest BCUT2D eigenvalue weighted by atomic mass is 10.2. The van der Waals surface area contributed by atoms with Crippen molar-refractivity contribution < 1.29 is 9.53 Å². The summed E-state index contributed by atoms with van der Waals surface area (Å²) in [5, 5.41) is 8.45. The second kappa shape index (κ2) is 8.18. The predicted octanol–water partition coefficient (Wildman–Crippen LogP) is 1.43. The fourth-order valence-electron chi connectivity index (χ4n) is 3.34. The maximum Gasteiger partial charge on any atom is 0.255 e. The second-order valence-electron chi connectivity index (χ2n) is 6.54. The average Bonchev–Trinajstić information content (AvgIpc) is 2.74. The van der Waals surface area contributed by atoms with Crippen molar-refractivity contribution >= 4 is 33.3 Å². The molecule has 0 atom stereocenters. The molecule has 2 aromatic heterocycles. The Morgan fingerprint density at radius 1 is 0.963 bits per heavy atom. The zero-order valence-corrected chi connectivity index (χ0v) is 16.5. The van der Waals surface area contributed by atoms with Crippen LogP contribution in [0.25, 0.3) is 0 Å². The molecule has 0 N–H and O–H groups in total. The van der Waals surface area contributed by atoms with E-state index in [4.69, 9.17) is 4.74 Å². The van der Waals surface area contributed by atoms with E-state index in [2.05, 4.69) is 47.0 Å². The Morgan fingerprint density at radius 2 is 1.74 bits per heavy atom. The van der Waals surface area contributed by atoms with Gasteiger partial charge in [0.2, 0.25) is 0 Å². The van der Waals surface area contributed by atoms with E-state index in [0.29, 0.717) is 18.7 Å². The number of carbonyl (C=O) groups excluding carboxylic acids is 1. The number of nitrogens with zero attached hydrogens (tertiary/aromatic N) is 6. The highest BCUT2D eigenvalue weighted by Gasteiger charge is 2.23. The van der Waals surface area contributed by atoms with E-state index >= 15 is 0 Å². The van der Waals surface area contributed by atoms with Gasteiger partial charge in [0.25, 0.3) is 5.91 Å². The highest BCUT2D eigenvalue weighted by atomic mass is 79.9. The van der Waals surface area contributed by atoms with E-state index in [9.17, 15) is 4.79 Å². The van der Waals surface area contributed by atoms with Crippen molar-refractivity contribution in [2.24, 2.45) is 0 Å². The summed E-state index contributed by atoms with van der Waals surface area (Å²) in [5.74, 6) is 0.903. The third-order valence-electron chi connectivity index (χ3n) is 4.85. The van der Waals surface area contributed by atoms with Crippen LogP contribution in [0.2, 0.25) is 0 Å². The number of aromatic nitrogens is 3. The number of anilines is 2. The third-order valence-corrected chi connectivity index (χ3v) is 5.28. The molecule has 0 radical (unpaired) electrons. The summed E-state index contributed by atoms with van der Waals surface area (Å²) in [4.78, 5) is 23.1. The molecule has 0 aromatic carbocycles. The monoisotopic (exact) mass is 432 g/mol. The fourth-order valence-corrected chi connectivity index (χ4v) is 3.71. The second-order valence-corrected chi connectivity index (χ2v) is 7.46. The lowest BCUT2D eigenvalue weighted by Crippen LogP contribution is -2.49. The molecule has 2 aromatic rings. The first-order chi connectivity index (χ1) is 13.2. The number of amides is 1. The number of carbonyl (C=O) groups is 1. The Bertz CT molecular complexity index is 806. The summed E-state index contributed by atoms with van der Waals surface area (Å²) >= 11 is 3.37. The largest absolute Gasteiger partial charge is 0.378 e. The lowest BCUT2D eigenvalue weighted by molar-refractivity contribution is 0.0746. The number of hydrogen-bond acceptors (Lipinski definition) is 7. The van der Waals surface area contributed by atoms with Crippen LogP contribution < -0.4 is 9.80 Å². The zero-order valence-electron chi connectivity index (χ0n) is 14.9. The number of hydrogen-bond donors (Lipinski definition) is 0. The molecular formula is C18H21BrN6O2. The quantitative estimate of drug-likeness (QED) is 0.725. The van der Waals surface area contributed by atoms with E-state index in [0.717, 1.165) is 55.4 Å². The molecule has 8 nitrogen and oxygen atoms in total. The van der Waals surface area contributed by atoms with Crippen LogP contribution in [0.3, 0.4) is 0 Å². The Morgan fingerprint density at radius 3 is 2.48 bits per heavy atom. The molecule has 2 aliphatic heterocycles. The van der Waals surface area contributed by atoms with Crippen molar-refractivity contribution in [3.63, 3.8) is 0 Å². The molecule has 0 aliphatic carbocycles. The molecule has 4 heterocycles. The van der Waals surface area contributed by atoms with Crippen LogP contribution in [-0.2, 0) is 4.74 Å². The topological polar surface area (TPSA) is 74.7 Å². The summed E-state index contributed by atoms with van der Waals surface area (Å²) < 4.78 is 6.21. The minimum absolute atomic E-state index is 0.0188. The van der Waals surface area contributed by atoms with Crippen molar-refractivity contribution in [2.45, 2.75) is 0 Å². The van der Waals surface area contributed by atoms with Gasteiger partial charge in [0.1, 0.15) is 0 Å². The molecule has 1 amide bonds. The van der Waals surface area contributed by atoms with Crippen LogP contribution >= 0.6 is 15.9 Å². The number of halogens is 1. The molecule has 4 rings (SSSR count). The van der Waals surface area contributed by atoms with Gasteiger partial charge < -0.3 is 19.4 Å². The normalized spacial score (nSPS) is 17.9. The Kier molecular flexibility index (Phi) is 5.49. The van der Waals surface area contributed by atoms with Gasteiger partial charge >= 0.3 is 0 Å². The third kappa shape index (κ3) is 4.19. The molecule has 0 spiro atoms. The van der Waals surface area contributed by atoms with Gasteiger partial charge in [-0.05, 0) is 22.0 Å². The molecular weight excluding hydrogens is 412 g/mol. The zero-order chi connectivity index (χ0) is 18.6. The van der Waals surface area contributed by atoms with Crippen LogP contribution in [0.5, 0.6) is 0 Å². The number of ether oxygens (including phenoxy) is 1. The van der Waals surface area contributed by atoms with E-state index in [-0.39, 0.29) is 5.91 Å². The van der Waals surface area contributed by atoms with Gasteiger partial charge in [-0.15, -0.1) is 5.10 Å². The molecule has 9 heteroatoms. The molecule has 2 aliphatic rings. The van der Waals surface area contributed by atoms with Crippen LogP contribution in [0, 0.1) is 0 Å². The molecule has 27 heavy (non-hydrogen) atoms. The highest BCUT2D eigenvalue weighted by molar-refractivity contribution is 9.10. The van der Waals surface area contributed by atoms with Crippen molar-refractivity contribution in [3.05, 3.63) is 40.8 Å². The number of morpholine rings is 1. The molecule has 2 saturated heterocycles. The number of piperazine rings is 1. The van der Waals surface area contributed by atoms with Crippen molar-refractivity contribution in [1.82, 2.24) is 20.1 Å². The predicted molar refractivity (Wildman–Crippen MR) is 105 cm³/mol. The van der Waals surface area contributed by atoms with Gasteiger partial charge in [-0.2, -0.15) is 5.10 Å². The molecule has 0 saturated carbocycles. The maximum atomic E-state index is 12.7. The van der Waals surface area contributed by atoms with Gasteiger partial charge in [-0.1, -0.05) is 0 Å². The molecule has 0 unspecified atom stereocenters. The highest BCUT2D eigenvalue weighted by Crippen LogP contribution is 2.21. The standard InChI is InChI=1S/C18H21BrN6O2/c19-15-9-14(11-20-12-15)18(26)25-3-1-23(2-4-25)16-10-17(22-21-13-16)24-5-7-27-8-6-24/h9-13H,1-8H2. The van der Waals surface area contributed by atoms with E-state index in [1.165, 1.54) is 0 Å². The van der Waals surface area contributed by atoms with Crippen LogP contribution in [0.4, 0.5) is 11.5 Å². The Hall–Kier alpha value is -2.26. The van der Waals surface area contributed by atoms with Gasteiger partial charge in [0, 0.05) is 62.2 Å². The summed E-state index contributed by atoms with van der Waals surface area (Å²) in [5.41, 5.74) is 1.65. The first-order valence-electron chi connectivity index (χ1n) is 9.01. The van der Waals surface area contributed by atoms with E-state index in [1.54, 1.807) is 18.6 Å². The van der Waals surface area contributed by atoms with Crippen molar-refractivity contribution in [1.29, 1.82) is 0 Å². The average molecular weight is 433 g/mol. The minimum Gasteiger partial charge on any atom is -0.378 e. The van der Waals surface area contributed by atoms with Crippen LogP contribution in [0.1, 0.15) is 10.4 Å². The number of rotatable bonds is 3. The van der Waals surface area contributed by atoms with Gasteiger partial charge in [0.05, 0.1) is 30.7 Å². The summed E-state index contributed by atoms with van der Waals surface area (Å²) in [6, 6.07) is 3.89. The summed E-state index contributed by atoms with van der Waals surface area (Å²) in [6.45, 7) is 5.97. The fraction of sp³-hybridized carbons (Fsp3) is 0.444. The number of pyridine rings is 1. The van der Waals surface area contributed by atoms with Gasteiger partial charge in [-0.25, -0.2) is 0 Å². The van der Waals surface area contributed by atoms with Crippen LogP contribution in [0.15, 0.2) is 35.2 Å². The first-order valence-corrected chi connectivity index (χ1v) is 9.80. The van der Waals surface area contributed by atoms with Crippen molar-refractivity contribution in [3.8, 4) is 0 Å². The Balaban J connectivity index is 1.40. The van der Waals surface area contributed by atoms with Gasteiger partial charge in [-0.3, -0.25) is 9.78 Å². The molecule has 142 valence electrons. The maximum absolute atomic E-state index is 12.7. The van der Waals surface area contributed by atoms with E-state index < -0.39 is 0 Å². The summed E-state index contributed by atoms with van der Waals surface area (Å²) in [7, 11) is 0. The van der Waals surface area contributed by atoms with Gasteiger partial charge in [0.15, 0.2) is 5.82 Å². The minimum atomic E-state index is 0.0188. The molecule has 2 fully saturated rings. The smallest absolute Gasteiger partial charge is 0.255 e. The lowest BCUT2D eigenvalue weighted by Gasteiger charge is -2.36. The first kappa shape index (κ1) is 18.1. The SMILES string of the molecule is O=C(c1cncc(Br)c1)N1CCN(c2cnnc(N3CCOCC3)c2)CC1. The summed E-state index contributed by atoms with van der Waals surface area (Å²) in [6.07, 6.45) is 5.08. The van der Waals surface area contributed by atoms with Crippen LogP contribution in [-0.4, -0.2) is 78.5 Å². The molecule has 0 bridgehead atoms. The Labute approximate surface area is 166 Å². The van der Waals surface area contributed by atoms with E-state index in [1.807, 2.05) is 11.0 Å².